The van der Waals surface area contributed by atoms with Crippen LogP contribution in [0.1, 0.15) is 129 Å². The third kappa shape index (κ3) is 11.2. The van der Waals surface area contributed by atoms with Gasteiger partial charge in [-0.25, -0.2) is 0 Å². The van der Waals surface area contributed by atoms with Crippen LogP contribution in [0.2, 0.25) is 0 Å². The van der Waals surface area contributed by atoms with Gasteiger partial charge < -0.3 is 0 Å². The highest BCUT2D eigenvalue weighted by Gasteiger charge is 2.04. The van der Waals surface area contributed by atoms with Crippen LogP contribution in [0.15, 0.2) is 36.5 Å². The summed E-state index contributed by atoms with van der Waals surface area (Å²) in [6.45, 7) is 25.5. The first-order valence-electron chi connectivity index (χ1n) is 11.1. The maximum atomic E-state index is 4.57. The molecule has 2 aromatic rings. The zero-order valence-corrected chi connectivity index (χ0v) is 20.7. The maximum Gasteiger partial charge on any atom is 0.0432 e. The first-order valence-corrected chi connectivity index (χ1v) is 11.1. The zero-order valence-electron chi connectivity index (χ0n) is 20.7. The fraction of sp³-hybridized carbons (Fsp3) is 0.615. The average Bonchev–Trinajstić information content (AvgIpc) is 2.71. The van der Waals surface area contributed by atoms with E-state index >= 15 is 0 Å². The molecule has 2 aromatic heterocycles. The van der Waals surface area contributed by atoms with Crippen molar-refractivity contribution in [1.82, 2.24) is 9.97 Å². The van der Waals surface area contributed by atoms with E-state index in [2.05, 4.69) is 95.7 Å². The molecular formula is C26H46N2. The SMILES string of the molecule is CC.CC.CC(C)c1cccc(C(C)C)n1.CC(C)c1ccnc(C(C)C)c1. The Bertz CT molecular complexity index is 511. The molecule has 2 heterocycles. The van der Waals surface area contributed by atoms with Gasteiger partial charge >= 0.3 is 0 Å². The number of rotatable bonds is 4. The molecule has 0 bridgehead atoms. The Hall–Kier alpha value is -1.70. The van der Waals surface area contributed by atoms with Crippen LogP contribution in [0, 0.1) is 0 Å². The Labute approximate surface area is 176 Å². The van der Waals surface area contributed by atoms with Gasteiger partial charge in [0.1, 0.15) is 0 Å². The molecule has 0 atom stereocenters. The summed E-state index contributed by atoms with van der Waals surface area (Å²) in [4.78, 5) is 8.89. The van der Waals surface area contributed by atoms with Gasteiger partial charge in [0.05, 0.1) is 0 Å². The van der Waals surface area contributed by atoms with Crippen molar-refractivity contribution in [3.63, 3.8) is 0 Å². The second-order valence-corrected chi connectivity index (χ2v) is 7.62. The summed E-state index contributed by atoms with van der Waals surface area (Å²) < 4.78 is 0. The summed E-state index contributed by atoms with van der Waals surface area (Å²) in [5, 5.41) is 0. The molecule has 0 unspecified atom stereocenters. The standard InChI is InChI=1S/2C11H17N.2C2H6/c1-8(2)10-5-6-12-11(7-10)9(3)4;1-8(2)10-6-5-7-11(12-10)9(3)4;2*1-2/h2*5-9H,1-4H3;2*1-2H3. The predicted octanol–water partition coefficient (Wildman–Crippen LogP) is 8.71. The molecule has 160 valence electrons. The summed E-state index contributed by atoms with van der Waals surface area (Å²) in [7, 11) is 0. The number of pyridine rings is 2. The van der Waals surface area contributed by atoms with Crippen LogP contribution >= 0.6 is 0 Å². The van der Waals surface area contributed by atoms with Gasteiger partial charge in [-0.05, 0) is 53.5 Å². The molecule has 0 aliphatic carbocycles. The largest absolute Gasteiger partial charge is 0.261 e. The summed E-state index contributed by atoms with van der Waals surface area (Å²) in [6.07, 6.45) is 1.91. The number of nitrogens with zero attached hydrogens (tertiary/aromatic N) is 2. The molecule has 2 rings (SSSR count). The topological polar surface area (TPSA) is 25.8 Å². The third-order valence-electron chi connectivity index (χ3n) is 4.04. The Morgan fingerprint density at radius 1 is 0.571 bits per heavy atom. The molecule has 2 heteroatoms. The van der Waals surface area contributed by atoms with E-state index in [9.17, 15) is 0 Å². The average molecular weight is 387 g/mol. The van der Waals surface area contributed by atoms with Gasteiger partial charge in [0.2, 0.25) is 0 Å². The van der Waals surface area contributed by atoms with E-state index in [0.717, 1.165) is 0 Å². The number of hydrogen-bond donors (Lipinski definition) is 0. The molecule has 0 saturated carbocycles. The van der Waals surface area contributed by atoms with E-state index in [1.165, 1.54) is 22.6 Å². The fourth-order valence-corrected chi connectivity index (χ4v) is 2.25. The minimum absolute atomic E-state index is 0.531. The van der Waals surface area contributed by atoms with Gasteiger partial charge in [-0.2, -0.15) is 0 Å². The molecule has 0 amide bonds. The summed E-state index contributed by atoms with van der Waals surface area (Å²) in [6, 6.07) is 10.6. The van der Waals surface area contributed by atoms with Crippen molar-refractivity contribution < 1.29 is 0 Å². The minimum atomic E-state index is 0.531. The van der Waals surface area contributed by atoms with Crippen molar-refractivity contribution in [3.05, 3.63) is 59.2 Å². The maximum absolute atomic E-state index is 4.57. The molecule has 0 aliphatic rings. The van der Waals surface area contributed by atoms with Gasteiger partial charge in [-0.15, -0.1) is 0 Å². The highest BCUT2D eigenvalue weighted by atomic mass is 14.7. The first-order chi connectivity index (χ1) is 13.2. The summed E-state index contributed by atoms with van der Waals surface area (Å²) >= 11 is 0. The fourth-order valence-electron chi connectivity index (χ4n) is 2.25. The molecule has 0 aliphatic heterocycles. The third-order valence-corrected chi connectivity index (χ3v) is 4.04. The lowest BCUT2D eigenvalue weighted by Gasteiger charge is -2.08. The monoisotopic (exact) mass is 386 g/mol. The smallest absolute Gasteiger partial charge is 0.0432 e. The van der Waals surface area contributed by atoms with Crippen molar-refractivity contribution in [1.29, 1.82) is 0 Å². The van der Waals surface area contributed by atoms with E-state index in [1.807, 2.05) is 33.9 Å². The second-order valence-electron chi connectivity index (χ2n) is 7.62. The summed E-state index contributed by atoms with van der Waals surface area (Å²) in [5.74, 6) is 2.20. The lowest BCUT2D eigenvalue weighted by Crippen LogP contribution is -1.98. The molecule has 28 heavy (non-hydrogen) atoms. The lowest BCUT2D eigenvalue weighted by molar-refractivity contribution is 0.765. The van der Waals surface area contributed by atoms with E-state index in [4.69, 9.17) is 0 Å². The van der Waals surface area contributed by atoms with Crippen LogP contribution < -0.4 is 0 Å². The number of aromatic nitrogens is 2. The van der Waals surface area contributed by atoms with Crippen molar-refractivity contribution in [3.8, 4) is 0 Å². The van der Waals surface area contributed by atoms with Crippen LogP contribution in [-0.2, 0) is 0 Å². The van der Waals surface area contributed by atoms with Crippen LogP contribution in [0.4, 0.5) is 0 Å². The van der Waals surface area contributed by atoms with Gasteiger partial charge in [0.25, 0.3) is 0 Å². The molecule has 0 fully saturated rings. The Morgan fingerprint density at radius 3 is 1.36 bits per heavy atom. The normalized spacial score (nSPS) is 10.0. The Kier molecular flexibility index (Phi) is 16.6. The van der Waals surface area contributed by atoms with Gasteiger partial charge in [0.15, 0.2) is 0 Å². The van der Waals surface area contributed by atoms with Gasteiger partial charge in [-0.3, -0.25) is 9.97 Å². The predicted molar refractivity (Wildman–Crippen MR) is 128 cm³/mol. The molecular weight excluding hydrogens is 340 g/mol. The number of hydrogen-bond acceptors (Lipinski definition) is 2. The van der Waals surface area contributed by atoms with Crippen molar-refractivity contribution in [2.24, 2.45) is 0 Å². The van der Waals surface area contributed by atoms with Gasteiger partial charge in [0, 0.05) is 23.3 Å². The second kappa shape index (κ2) is 16.3. The van der Waals surface area contributed by atoms with Crippen molar-refractivity contribution in [2.75, 3.05) is 0 Å². The molecule has 0 radical (unpaired) electrons. The van der Waals surface area contributed by atoms with E-state index in [1.54, 1.807) is 0 Å². The molecule has 0 saturated heterocycles. The van der Waals surface area contributed by atoms with Crippen LogP contribution in [0.5, 0.6) is 0 Å². The van der Waals surface area contributed by atoms with Crippen molar-refractivity contribution in [2.45, 2.75) is 107 Å². The van der Waals surface area contributed by atoms with Crippen LogP contribution in [0.25, 0.3) is 0 Å². The molecule has 2 nitrogen and oxygen atoms in total. The lowest BCUT2D eigenvalue weighted by atomic mass is 10.0. The van der Waals surface area contributed by atoms with Crippen LogP contribution in [0.3, 0.4) is 0 Å². The minimum Gasteiger partial charge on any atom is -0.261 e. The van der Waals surface area contributed by atoms with Crippen molar-refractivity contribution >= 4 is 0 Å². The molecule has 0 aromatic carbocycles. The van der Waals surface area contributed by atoms with E-state index in [-0.39, 0.29) is 0 Å². The molecule has 0 spiro atoms. The van der Waals surface area contributed by atoms with E-state index in [0.29, 0.717) is 23.7 Å². The highest BCUT2D eigenvalue weighted by Crippen LogP contribution is 2.18. The first kappa shape index (κ1) is 28.5. The zero-order chi connectivity index (χ0) is 22.3. The summed E-state index contributed by atoms with van der Waals surface area (Å²) in [5.41, 5.74) is 4.97. The highest BCUT2D eigenvalue weighted by molar-refractivity contribution is 5.21. The van der Waals surface area contributed by atoms with E-state index < -0.39 is 0 Å². The Balaban J connectivity index is 0. The van der Waals surface area contributed by atoms with Gasteiger partial charge in [-0.1, -0.05) is 89.2 Å². The molecule has 0 N–H and O–H groups in total. The Morgan fingerprint density at radius 2 is 1.00 bits per heavy atom. The van der Waals surface area contributed by atoms with Crippen LogP contribution in [-0.4, -0.2) is 9.97 Å². The quantitative estimate of drug-likeness (QED) is 0.525.